The van der Waals surface area contributed by atoms with Crippen LogP contribution in [0.4, 0.5) is 0 Å². The van der Waals surface area contributed by atoms with Crippen LogP contribution < -0.4 is 0 Å². The molecule has 2 aliphatic carbocycles. The summed E-state index contributed by atoms with van der Waals surface area (Å²) in [4.78, 5) is 5.00. The topological polar surface area (TPSA) is 6.48 Å². The molecule has 2 heteroatoms. The first-order chi connectivity index (χ1) is 13.0. The molecule has 0 amide bonds. The van der Waals surface area contributed by atoms with Crippen LogP contribution in [0, 0.1) is 5.41 Å². The van der Waals surface area contributed by atoms with Crippen molar-refractivity contribution in [3.63, 3.8) is 0 Å². The summed E-state index contributed by atoms with van der Waals surface area (Å²) in [5.41, 5.74) is 4.83. The van der Waals surface area contributed by atoms with Gasteiger partial charge in [-0.2, -0.15) is 0 Å². The van der Waals surface area contributed by atoms with Gasteiger partial charge < -0.3 is 4.90 Å². The van der Waals surface area contributed by atoms with E-state index in [4.69, 9.17) is 0 Å². The lowest BCUT2D eigenvalue weighted by atomic mass is 10.1. The monoisotopic (exact) mass is 372 g/mol. The molecule has 2 saturated heterocycles. The standard InChI is InChI=1S/C11H17N.C10H15N.2C2H6/c1-2-6-11(7-3-1)10-12-8-4-5-9-12;1-8-4-5-11(7-8)9-6-10(9,2)3;2*1-2/h2,6-7H,1,3-5,8-10H2;6H,1,4-5,7H2,2-3H3;2*1-2H3. The second-order valence-corrected chi connectivity index (χ2v) is 7.91. The maximum atomic E-state index is 3.99. The Hall–Kier alpha value is -1.28. The SMILES string of the molecule is C1=CC(CN2CCCC2)=CCC1.C=C1CCN(C2=CC2(C)C)C1.CC.CC. The fraction of sp³-hybridized carbons (Fsp3) is 0.680. The number of hydrogen-bond acceptors (Lipinski definition) is 2. The van der Waals surface area contributed by atoms with Crippen LogP contribution in [0.15, 0.2) is 47.7 Å². The lowest BCUT2D eigenvalue weighted by Crippen LogP contribution is -2.21. The van der Waals surface area contributed by atoms with Gasteiger partial charge in [0.25, 0.3) is 0 Å². The molecule has 2 nitrogen and oxygen atoms in total. The normalized spacial score (nSPS) is 22.4. The van der Waals surface area contributed by atoms with Crippen LogP contribution in [0.3, 0.4) is 0 Å². The van der Waals surface area contributed by atoms with Gasteiger partial charge in [0.1, 0.15) is 0 Å². The van der Waals surface area contributed by atoms with Crippen molar-refractivity contribution in [1.82, 2.24) is 9.80 Å². The minimum atomic E-state index is 0.393. The van der Waals surface area contributed by atoms with Crippen LogP contribution in [-0.2, 0) is 0 Å². The maximum Gasteiger partial charge on any atom is 0.0384 e. The zero-order valence-electron chi connectivity index (χ0n) is 19.0. The minimum Gasteiger partial charge on any atom is -0.370 e. The summed E-state index contributed by atoms with van der Waals surface area (Å²) in [6.45, 7) is 22.6. The van der Waals surface area contributed by atoms with Crippen molar-refractivity contribution in [1.29, 1.82) is 0 Å². The average Bonchev–Trinajstić information content (AvgIpc) is 3.08. The summed E-state index contributed by atoms with van der Waals surface area (Å²) in [6, 6.07) is 0. The van der Waals surface area contributed by atoms with Gasteiger partial charge in [0, 0.05) is 30.7 Å². The van der Waals surface area contributed by atoms with Crippen LogP contribution in [0.5, 0.6) is 0 Å². The highest BCUT2D eigenvalue weighted by molar-refractivity contribution is 5.36. The van der Waals surface area contributed by atoms with Gasteiger partial charge in [-0.25, -0.2) is 0 Å². The van der Waals surface area contributed by atoms with Crippen molar-refractivity contribution >= 4 is 0 Å². The highest BCUT2D eigenvalue weighted by Gasteiger charge is 2.39. The Morgan fingerprint density at radius 1 is 1.00 bits per heavy atom. The lowest BCUT2D eigenvalue weighted by Gasteiger charge is -2.17. The summed E-state index contributed by atoms with van der Waals surface area (Å²) in [5.74, 6) is 0. The van der Waals surface area contributed by atoms with Crippen molar-refractivity contribution in [3.05, 3.63) is 47.7 Å². The Kier molecular flexibility index (Phi) is 10.8. The predicted molar refractivity (Wildman–Crippen MR) is 122 cm³/mol. The van der Waals surface area contributed by atoms with Crippen LogP contribution in [-0.4, -0.2) is 42.5 Å². The van der Waals surface area contributed by atoms with E-state index in [2.05, 4.69) is 54.5 Å². The second kappa shape index (κ2) is 12.2. The summed E-state index contributed by atoms with van der Waals surface area (Å²) < 4.78 is 0. The van der Waals surface area contributed by atoms with Gasteiger partial charge in [-0.05, 0) is 50.8 Å². The molecule has 2 aliphatic heterocycles. The van der Waals surface area contributed by atoms with Crippen LogP contribution in [0.1, 0.15) is 73.6 Å². The van der Waals surface area contributed by atoms with E-state index >= 15 is 0 Å². The first-order valence-corrected chi connectivity index (χ1v) is 11.3. The molecule has 0 N–H and O–H groups in total. The van der Waals surface area contributed by atoms with Gasteiger partial charge in [-0.15, -0.1) is 0 Å². The Bertz CT molecular complexity index is 531. The lowest BCUT2D eigenvalue weighted by molar-refractivity contribution is 0.370. The summed E-state index contributed by atoms with van der Waals surface area (Å²) >= 11 is 0. The number of allylic oxidation sites excluding steroid dienone is 4. The van der Waals surface area contributed by atoms with Gasteiger partial charge in [0.05, 0.1) is 0 Å². The molecule has 2 heterocycles. The van der Waals surface area contributed by atoms with E-state index in [1.807, 2.05) is 27.7 Å². The smallest absolute Gasteiger partial charge is 0.0384 e. The van der Waals surface area contributed by atoms with Crippen LogP contribution >= 0.6 is 0 Å². The van der Waals surface area contributed by atoms with E-state index in [1.165, 1.54) is 75.1 Å². The first kappa shape index (κ1) is 23.8. The van der Waals surface area contributed by atoms with Crippen molar-refractivity contribution in [2.75, 3.05) is 32.7 Å². The molecule has 0 aromatic rings. The zero-order valence-corrected chi connectivity index (χ0v) is 19.0. The van der Waals surface area contributed by atoms with E-state index in [9.17, 15) is 0 Å². The van der Waals surface area contributed by atoms with Gasteiger partial charge in [-0.3, -0.25) is 4.90 Å². The number of nitrogens with zero attached hydrogens (tertiary/aromatic N) is 2. The number of hydrogen-bond donors (Lipinski definition) is 0. The molecule has 154 valence electrons. The van der Waals surface area contributed by atoms with Crippen LogP contribution in [0.25, 0.3) is 0 Å². The molecular weight excluding hydrogens is 328 g/mol. The molecule has 0 aromatic heterocycles. The molecular formula is C25H44N2. The number of rotatable bonds is 3. The van der Waals surface area contributed by atoms with E-state index < -0.39 is 0 Å². The average molecular weight is 373 g/mol. The third-order valence-corrected chi connectivity index (χ3v) is 5.24. The van der Waals surface area contributed by atoms with Gasteiger partial charge in [0.15, 0.2) is 0 Å². The Balaban J connectivity index is 0.000000229. The predicted octanol–water partition coefficient (Wildman–Crippen LogP) is 6.58. The molecule has 2 fully saturated rings. The maximum absolute atomic E-state index is 3.99. The zero-order chi connectivity index (χ0) is 20.3. The molecule has 0 bridgehead atoms. The van der Waals surface area contributed by atoms with Crippen molar-refractivity contribution in [3.8, 4) is 0 Å². The fourth-order valence-electron chi connectivity index (χ4n) is 3.72. The van der Waals surface area contributed by atoms with E-state index in [-0.39, 0.29) is 0 Å². The van der Waals surface area contributed by atoms with Gasteiger partial charge in [-0.1, -0.05) is 78.0 Å². The Labute approximate surface area is 169 Å². The van der Waals surface area contributed by atoms with Gasteiger partial charge >= 0.3 is 0 Å². The molecule has 0 unspecified atom stereocenters. The third-order valence-electron chi connectivity index (χ3n) is 5.24. The van der Waals surface area contributed by atoms with Gasteiger partial charge in [0.2, 0.25) is 0 Å². The summed E-state index contributed by atoms with van der Waals surface area (Å²) in [7, 11) is 0. The van der Waals surface area contributed by atoms with Crippen molar-refractivity contribution in [2.24, 2.45) is 5.41 Å². The second-order valence-electron chi connectivity index (χ2n) is 7.91. The van der Waals surface area contributed by atoms with E-state index in [1.54, 1.807) is 0 Å². The van der Waals surface area contributed by atoms with Crippen molar-refractivity contribution < 1.29 is 0 Å². The fourth-order valence-corrected chi connectivity index (χ4v) is 3.72. The number of likely N-dealkylation sites (tertiary alicyclic amines) is 2. The molecule has 0 radical (unpaired) electrons. The molecule has 0 spiro atoms. The van der Waals surface area contributed by atoms with Crippen molar-refractivity contribution in [2.45, 2.75) is 73.6 Å². The summed E-state index contributed by atoms with van der Waals surface area (Å²) in [5, 5.41) is 0. The highest BCUT2D eigenvalue weighted by Crippen LogP contribution is 2.46. The highest BCUT2D eigenvalue weighted by atomic mass is 15.2. The molecule has 4 rings (SSSR count). The molecule has 0 saturated carbocycles. The Morgan fingerprint density at radius 3 is 2.07 bits per heavy atom. The molecule has 4 aliphatic rings. The largest absolute Gasteiger partial charge is 0.370 e. The molecule has 27 heavy (non-hydrogen) atoms. The first-order valence-electron chi connectivity index (χ1n) is 11.3. The Morgan fingerprint density at radius 2 is 1.63 bits per heavy atom. The van der Waals surface area contributed by atoms with E-state index in [0.717, 1.165) is 6.54 Å². The third kappa shape index (κ3) is 8.09. The van der Waals surface area contributed by atoms with Crippen LogP contribution in [0.2, 0.25) is 0 Å². The minimum absolute atomic E-state index is 0.393. The van der Waals surface area contributed by atoms with E-state index in [0.29, 0.717) is 5.41 Å². The quantitative estimate of drug-likeness (QED) is 0.516. The summed E-state index contributed by atoms with van der Waals surface area (Å²) in [6.07, 6.45) is 15.8. The molecule has 0 atom stereocenters. The molecule has 0 aromatic carbocycles.